The molecule has 1 atom stereocenters. The number of aryl methyl sites for hydroxylation is 1. The number of rotatable bonds is 3. The highest BCUT2D eigenvalue weighted by atomic mass is 32.2. The minimum Gasteiger partial charge on any atom is -0.399 e. The highest BCUT2D eigenvalue weighted by Gasteiger charge is 2.26. The van der Waals surface area contributed by atoms with Crippen LogP contribution in [0, 0.1) is 6.92 Å². The minimum absolute atomic E-state index is 0.0974. The number of likely N-dealkylation sites (tertiary alicyclic amines) is 1. The second-order valence-corrected chi connectivity index (χ2v) is 7.33. The monoisotopic (exact) mass is 311 g/mol. The van der Waals surface area contributed by atoms with Crippen LogP contribution in [-0.4, -0.2) is 44.6 Å². The lowest BCUT2D eigenvalue weighted by Gasteiger charge is -2.33. The Hall–Kier alpha value is -1.60. The molecule has 1 amide bonds. The number of anilines is 1. The van der Waals surface area contributed by atoms with Gasteiger partial charge in [-0.15, -0.1) is 0 Å². The molecule has 0 radical (unpaired) electrons. The van der Waals surface area contributed by atoms with Gasteiger partial charge in [0.15, 0.2) is 0 Å². The van der Waals surface area contributed by atoms with Gasteiger partial charge in [-0.3, -0.25) is 4.79 Å². The first-order valence-electron chi connectivity index (χ1n) is 6.89. The molecule has 1 aliphatic heterocycles. The summed E-state index contributed by atoms with van der Waals surface area (Å²) in [5, 5.41) is 0. The number of carbonyl (C=O) groups excluding carboxylic acids is 1. The summed E-state index contributed by atoms with van der Waals surface area (Å²) < 4.78 is 25.2. The number of nitrogens with two attached hydrogens (primary N) is 1. The predicted molar refractivity (Wildman–Crippen MR) is 82.5 cm³/mol. The lowest BCUT2D eigenvalue weighted by atomic mass is 10.0. The van der Waals surface area contributed by atoms with Crippen LogP contribution >= 0.6 is 0 Å². The molecule has 116 valence electrons. The van der Waals surface area contributed by atoms with Crippen molar-refractivity contribution in [2.45, 2.75) is 25.8 Å². The number of nitrogen functional groups attached to an aromatic ring is 1. The van der Waals surface area contributed by atoms with Crippen LogP contribution in [0.4, 0.5) is 5.69 Å². The van der Waals surface area contributed by atoms with Gasteiger partial charge in [-0.05, 0) is 37.5 Å². The van der Waals surface area contributed by atoms with E-state index in [-0.39, 0.29) is 11.9 Å². The van der Waals surface area contributed by atoms with E-state index in [9.17, 15) is 13.2 Å². The van der Waals surface area contributed by atoms with Crippen molar-refractivity contribution in [3.8, 4) is 0 Å². The maximum Gasteiger partial charge on any atom is 0.254 e. The smallest absolute Gasteiger partial charge is 0.254 e. The van der Waals surface area contributed by atoms with Crippen molar-refractivity contribution >= 4 is 21.6 Å². The third kappa shape index (κ3) is 4.18. The van der Waals surface area contributed by atoms with Gasteiger partial charge in [0.05, 0.1) is 6.26 Å². The number of nitrogens with one attached hydrogen (secondary N) is 1. The molecule has 1 heterocycles. The molecule has 6 nitrogen and oxygen atoms in total. The Morgan fingerprint density at radius 2 is 2.14 bits per heavy atom. The molecule has 21 heavy (non-hydrogen) atoms. The van der Waals surface area contributed by atoms with Gasteiger partial charge in [-0.25, -0.2) is 13.1 Å². The highest BCUT2D eigenvalue weighted by molar-refractivity contribution is 7.88. The second-order valence-electron chi connectivity index (χ2n) is 5.55. The van der Waals surface area contributed by atoms with E-state index in [0.29, 0.717) is 24.3 Å². The van der Waals surface area contributed by atoms with E-state index in [2.05, 4.69) is 4.72 Å². The van der Waals surface area contributed by atoms with E-state index < -0.39 is 10.0 Å². The number of piperidine rings is 1. The average Bonchev–Trinajstić information content (AvgIpc) is 2.39. The number of nitrogens with zero attached hydrogens (tertiary/aromatic N) is 1. The van der Waals surface area contributed by atoms with Gasteiger partial charge in [0.25, 0.3) is 5.91 Å². The van der Waals surface area contributed by atoms with Crippen molar-refractivity contribution in [1.29, 1.82) is 0 Å². The SMILES string of the molecule is Cc1ccc(N)cc1C(=O)N1CCCC(NS(C)(=O)=O)C1. The first kappa shape index (κ1) is 15.8. The zero-order chi connectivity index (χ0) is 15.6. The van der Waals surface area contributed by atoms with Crippen LogP contribution in [-0.2, 0) is 10.0 Å². The molecule has 7 heteroatoms. The maximum absolute atomic E-state index is 12.6. The van der Waals surface area contributed by atoms with E-state index >= 15 is 0 Å². The fourth-order valence-corrected chi connectivity index (χ4v) is 3.40. The quantitative estimate of drug-likeness (QED) is 0.805. The summed E-state index contributed by atoms with van der Waals surface area (Å²) in [5.41, 5.74) is 7.74. The largest absolute Gasteiger partial charge is 0.399 e. The van der Waals surface area contributed by atoms with E-state index in [1.807, 2.05) is 13.0 Å². The van der Waals surface area contributed by atoms with Gasteiger partial charge < -0.3 is 10.6 Å². The maximum atomic E-state index is 12.6. The summed E-state index contributed by atoms with van der Waals surface area (Å²) in [5.74, 6) is -0.0974. The predicted octanol–water partition coefficient (Wildman–Crippen LogP) is 0.731. The normalized spacial score (nSPS) is 19.5. The van der Waals surface area contributed by atoms with E-state index in [1.165, 1.54) is 0 Å². The van der Waals surface area contributed by atoms with Gasteiger partial charge >= 0.3 is 0 Å². The number of benzene rings is 1. The first-order valence-corrected chi connectivity index (χ1v) is 8.78. The fraction of sp³-hybridized carbons (Fsp3) is 0.500. The molecule has 0 aliphatic carbocycles. The molecule has 1 saturated heterocycles. The van der Waals surface area contributed by atoms with E-state index in [4.69, 9.17) is 5.73 Å². The number of amides is 1. The van der Waals surface area contributed by atoms with Gasteiger partial charge in [0.1, 0.15) is 0 Å². The number of hydrogen-bond acceptors (Lipinski definition) is 4. The molecule has 1 unspecified atom stereocenters. The van der Waals surface area contributed by atoms with Crippen molar-refractivity contribution in [2.24, 2.45) is 0 Å². The molecule has 1 aliphatic rings. The molecular formula is C14H21N3O3S. The zero-order valence-electron chi connectivity index (χ0n) is 12.3. The van der Waals surface area contributed by atoms with E-state index in [1.54, 1.807) is 17.0 Å². The Kier molecular flexibility index (Phi) is 4.53. The van der Waals surface area contributed by atoms with Crippen molar-refractivity contribution in [2.75, 3.05) is 25.1 Å². The van der Waals surface area contributed by atoms with Crippen LogP contribution in [0.2, 0.25) is 0 Å². The summed E-state index contributed by atoms with van der Waals surface area (Å²) >= 11 is 0. The third-order valence-electron chi connectivity index (χ3n) is 3.58. The van der Waals surface area contributed by atoms with Crippen LogP contribution in [0.5, 0.6) is 0 Å². The van der Waals surface area contributed by atoms with Gasteiger partial charge in [-0.1, -0.05) is 6.07 Å². The Morgan fingerprint density at radius 3 is 2.81 bits per heavy atom. The van der Waals surface area contributed by atoms with Crippen molar-refractivity contribution in [3.05, 3.63) is 29.3 Å². The van der Waals surface area contributed by atoms with Crippen LogP contribution in [0.1, 0.15) is 28.8 Å². The molecule has 0 saturated carbocycles. The van der Waals surface area contributed by atoms with Crippen LogP contribution in [0.15, 0.2) is 18.2 Å². The minimum atomic E-state index is -3.26. The second kappa shape index (κ2) is 6.03. The summed E-state index contributed by atoms with van der Waals surface area (Å²) in [4.78, 5) is 14.3. The topological polar surface area (TPSA) is 92.5 Å². The van der Waals surface area contributed by atoms with Crippen LogP contribution < -0.4 is 10.5 Å². The Bertz CT molecular complexity index is 643. The standard InChI is InChI=1S/C14H21N3O3S/c1-10-5-6-11(15)8-13(10)14(18)17-7-3-4-12(9-17)16-21(2,19)20/h5-6,8,12,16H,3-4,7,9,15H2,1-2H3. The van der Waals surface area contributed by atoms with Crippen molar-refractivity contribution in [3.63, 3.8) is 0 Å². The van der Waals surface area contributed by atoms with Gasteiger partial charge in [0, 0.05) is 30.4 Å². The molecule has 1 fully saturated rings. The first-order chi connectivity index (χ1) is 9.76. The number of hydrogen-bond donors (Lipinski definition) is 2. The molecule has 1 aromatic rings. The van der Waals surface area contributed by atoms with E-state index in [0.717, 1.165) is 24.7 Å². The summed E-state index contributed by atoms with van der Waals surface area (Å²) in [7, 11) is -3.26. The Balaban J connectivity index is 2.14. The van der Waals surface area contributed by atoms with Crippen molar-refractivity contribution in [1.82, 2.24) is 9.62 Å². The van der Waals surface area contributed by atoms with Gasteiger partial charge in [-0.2, -0.15) is 0 Å². The zero-order valence-corrected chi connectivity index (χ0v) is 13.1. The van der Waals surface area contributed by atoms with Crippen LogP contribution in [0.3, 0.4) is 0 Å². The summed E-state index contributed by atoms with van der Waals surface area (Å²) in [6.07, 6.45) is 2.66. The molecular weight excluding hydrogens is 290 g/mol. The number of sulfonamides is 1. The third-order valence-corrected chi connectivity index (χ3v) is 4.34. The fourth-order valence-electron chi connectivity index (χ4n) is 2.60. The molecule has 3 N–H and O–H groups in total. The molecule has 0 bridgehead atoms. The molecule has 2 rings (SSSR count). The highest BCUT2D eigenvalue weighted by Crippen LogP contribution is 2.18. The van der Waals surface area contributed by atoms with Crippen LogP contribution in [0.25, 0.3) is 0 Å². The lowest BCUT2D eigenvalue weighted by molar-refractivity contribution is 0.0702. The summed E-state index contributed by atoms with van der Waals surface area (Å²) in [6.45, 7) is 2.89. The lowest BCUT2D eigenvalue weighted by Crippen LogP contribution is -2.49. The van der Waals surface area contributed by atoms with Crippen molar-refractivity contribution < 1.29 is 13.2 Å². The Labute approximate surface area is 125 Å². The Morgan fingerprint density at radius 1 is 1.43 bits per heavy atom. The molecule has 0 aromatic heterocycles. The average molecular weight is 311 g/mol. The molecule has 1 aromatic carbocycles. The number of carbonyl (C=O) groups is 1. The molecule has 0 spiro atoms. The van der Waals surface area contributed by atoms with Gasteiger partial charge in [0.2, 0.25) is 10.0 Å². The summed E-state index contributed by atoms with van der Waals surface area (Å²) in [6, 6.07) is 5.03.